The number of aromatic nitrogens is 5. The number of fused-ring (bicyclic) bond motifs is 1. The molecule has 0 spiro atoms. The Balaban J connectivity index is 1.58. The summed E-state index contributed by atoms with van der Waals surface area (Å²) in [6, 6.07) is 11.4. The van der Waals surface area contributed by atoms with Gasteiger partial charge in [0.2, 0.25) is 0 Å². The molecule has 5 aromatic rings. The number of aryl methyl sites for hydroxylation is 1. The molecule has 4 heterocycles. The number of benzene rings is 1. The van der Waals surface area contributed by atoms with Crippen molar-refractivity contribution in [1.29, 1.82) is 0 Å². The minimum Gasteiger partial charge on any atom is -0.383 e. The van der Waals surface area contributed by atoms with Gasteiger partial charge >= 0.3 is 11.9 Å². The van der Waals surface area contributed by atoms with Gasteiger partial charge in [0.15, 0.2) is 0 Å². The van der Waals surface area contributed by atoms with Crippen LogP contribution < -0.4 is 11.0 Å². The van der Waals surface area contributed by atoms with Gasteiger partial charge in [-0.2, -0.15) is 13.2 Å². The van der Waals surface area contributed by atoms with Crippen LogP contribution in [0.25, 0.3) is 39.2 Å². The Bertz CT molecular complexity index is 1660. The van der Waals surface area contributed by atoms with Crippen LogP contribution in [0.2, 0.25) is 0 Å². The van der Waals surface area contributed by atoms with Gasteiger partial charge in [-0.25, -0.2) is 9.78 Å². The van der Waals surface area contributed by atoms with Crippen molar-refractivity contribution >= 4 is 16.7 Å². The van der Waals surface area contributed by atoms with Gasteiger partial charge in [-0.05, 0) is 62.1 Å². The molecule has 5 rings (SSSR count). The van der Waals surface area contributed by atoms with E-state index in [2.05, 4.69) is 20.3 Å². The number of nitrogens with zero attached hydrogens (tertiary/aromatic N) is 5. The summed E-state index contributed by atoms with van der Waals surface area (Å²) in [5.41, 5.74) is 1.96. The van der Waals surface area contributed by atoms with E-state index in [9.17, 15) is 18.0 Å². The molecule has 196 valence electrons. The summed E-state index contributed by atoms with van der Waals surface area (Å²) in [6.45, 7) is 0.905. The fraction of sp³-hybridized carbons (Fsp3) is 0.222. The van der Waals surface area contributed by atoms with Gasteiger partial charge in [-0.3, -0.25) is 9.55 Å². The highest BCUT2D eigenvalue weighted by Crippen LogP contribution is 2.37. The second-order valence-electron chi connectivity index (χ2n) is 9.27. The lowest BCUT2D eigenvalue weighted by Crippen LogP contribution is -2.23. The first kappa shape index (κ1) is 25.3. The van der Waals surface area contributed by atoms with Gasteiger partial charge in [0.05, 0.1) is 22.6 Å². The molecule has 0 unspecified atom stereocenters. The Kier molecular flexibility index (Phi) is 6.53. The van der Waals surface area contributed by atoms with Crippen molar-refractivity contribution in [1.82, 2.24) is 29.0 Å². The number of alkyl halides is 3. The second kappa shape index (κ2) is 9.82. The predicted molar refractivity (Wildman–Crippen MR) is 141 cm³/mol. The Morgan fingerprint density at radius 3 is 2.63 bits per heavy atom. The minimum absolute atomic E-state index is 0.0404. The van der Waals surface area contributed by atoms with Gasteiger partial charge in [0.25, 0.3) is 0 Å². The molecule has 0 saturated carbocycles. The maximum Gasteiger partial charge on any atom is 0.418 e. The summed E-state index contributed by atoms with van der Waals surface area (Å²) in [5, 5.41) is 3.80. The SMILES string of the molecule is CN(C)CCNc1ccc(-n2c(-c3cc(-c4cnc5[nH]ccc5c4)ccn3)cn(C)c2=O)cc1C(F)(F)F. The molecule has 0 amide bonds. The normalized spacial score (nSPS) is 12.0. The van der Waals surface area contributed by atoms with E-state index in [-0.39, 0.29) is 11.4 Å². The van der Waals surface area contributed by atoms with Crippen LogP contribution in [0.1, 0.15) is 5.56 Å². The lowest BCUT2D eigenvalue weighted by Gasteiger charge is -2.18. The molecule has 0 aliphatic carbocycles. The first-order valence-electron chi connectivity index (χ1n) is 11.9. The molecule has 0 atom stereocenters. The zero-order valence-corrected chi connectivity index (χ0v) is 21.0. The summed E-state index contributed by atoms with van der Waals surface area (Å²) in [5.74, 6) is 0. The lowest BCUT2D eigenvalue weighted by molar-refractivity contribution is -0.136. The fourth-order valence-electron chi connectivity index (χ4n) is 4.31. The van der Waals surface area contributed by atoms with E-state index in [4.69, 9.17) is 0 Å². The van der Waals surface area contributed by atoms with Crippen LogP contribution in [0.4, 0.5) is 18.9 Å². The number of rotatable bonds is 7. The molecule has 11 heteroatoms. The van der Waals surface area contributed by atoms with Crippen LogP contribution in [0.3, 0.4) is 0 Å². The Labute approximate surface area is 216 Å². The molecule has 0 saturated heterocycles. The van der Waals surface area contributed by atoms with E-state index in [0.29, 0.717) is 24.5 Å². The third kappa shape index (κ3) is 4.92. The van der Waals surface area contributed by atoms with Gasteiger partial charge in [0.1, 0.15) is 5.65 Å². The smallest absolute Gasteiger partial charge is 0.383 e. The number of pyridine rings is 2. The number of likely N-dealkylation sites (N-methyl/N-ethyl adjacent to an activating group) is 1. The highest BCUT2D eigenvalue weighted by molar-refractivity contribution is 5.82. The van der Waals surface area contributed by atoms with Crippen LogP contribution in [-0.4, -0.2) is 56.2 Å². The van der Waals surface area contributed by atoms with Gasteiger partial charge in [-0.1, -0.05) is 0 Å². The van der Waals surface area contributed by atoms with E-state index in [1.165, 1.54) is 21.3 Å². The van der Waals surface area contributed by atoms with Crippen LogP contribution in [0, 0.1) is 0 Å². The number of aromatic amines is 1. The number of nitrogens with one attached hydrogen (secondary N) is 2. The molecule has 0 bridgehead atoms. The first-order valence-corrected chi connectivity index (χ1v) is 11.9. The van der Waals surface area contributed by atoms with E-state index >= 15 is 0 Å². The van der Waals surface area contributed by atoms with E-state index < -0.39 is 17.4 Å². The molecule has 0 aliphatic heterocycles. The first-order chi connectivity index (χ1) is 18.1. The number of halogens is 3. The third-order valence-electron chi connectivity index (χ3n) is 6.25. The Morgan fingerprint density at radius 2 is 1.87 bits per heavy atom. The standard InChI is InChI=1S/C27H26F3N7O/c1-35(2)11-10-32-22-5-4-20(14-21(22)27(28,29)30)37-24(16-36(3)26(37)38)23-13-17(6-8-31-23)19-12-18-7-9-33-25(18)34-15-19/h4-9,12-16,32H,10-11H2,1-3H3,(H,33,34). The average Bonchev–Trinajstić information content (AvgIpc) is 3.47. The zero-order chi connectivity index (χ0) is 27.0. The fourth-order valence-corrected chi connectivity index (χ4v) is 4.31. The minimum atomic E-state index is -4.61. The Hall–Kier alpha value is -4.38. The maximum absolute atomic E-state index is 14.0. The van der Waals surface area contributed by atoms with E-state index in [0.717, 1.165) is 28.2 Å². The number of H-pyrrole nitrogens is 1. The number of hydrogen-bond acceptors (Lipinski definition) is 5. The molecule has 38 heavy (non-hydrogen) atoms. The average molecular weight is 522 g/mol. The van der Waals surface area contributed by atoms with Crippen molar-refractivity contribution in [3.8, 4) is 28.2 Å². The van der Waals surface area contributed by atoms with Crippen molar-refractivity contribution in [2.75, 3.05) is 32.5 Å². The van der Waals surface area contributed by atoms with Crippen LogP contribution in [0.15, 0.2) is 72.0 Å². The second-order valence-corrected chi connectivity index (χ2v) is 9.27. The zero-order valence-electron chi connectivity index (χ0n) is 21.0. The summed E-state index contributed by atoms with van der Waals surface area (Å²) in [6.07, 6.45) is 2.09. The molecule has 4 aromatic heterocycles. The molecule has 0 fully saturated rings. The third-order valence-corrected chi connectivity index (χ3v) is 6.25. The molecule has 2 N–H and O–H groups in total. The van der Waals surface area contributed by atoms with E-state index in [1.54, 1.807) is 37.9 Å². The highest BCUT2D eigenvalue weighted by atomic mass is 19.4. The molecule has 0 radical (unpaired) electrons. The summed E-state index contributed by atoms with van der Waals surface area (Å²) >= 11 is 0. The molecular formula is C27H26F3N7O. The highest BCUT2D eigenvalue weighted by Gasteiger charge is 2.34. The molecule has 8 nitrogen and oxygen atoms in total. The summed E-state index contributed by atoms with van der Waals surface area (Å²) in [7, 11) is 5.24. The van der Waals surface area contributed by atoms with Crippen LogP contribution in [0.5, 0.6) is 0 Å². The largest absolute Gasteiger partial charge is 0.418 e. The predicted octanol–water partition coefficient (Wildman–Crippen LogP) is 4.77. The van der Waals surface area contributed by atoms with Gasteiger partial charge in [-0.15, -0.1) is 0 Å². The van der Waals surface area contributed by atoms with Crippen molar-refractivity contribution < 1.29 is 13.2 Å². The van der Waals surface area contributed by atoms with Crippen molar-refractivity contribution in [3.63, 3.8) is 0 Å². The quantitative estimate of drug-likeness (QED) is 0.322. The number of imidazole rings is 1. The molecular weight excluding hydrogens is 495 g/mol. The lowest BCUT2D eigenvalue weighted by atomic mass is 10.1. The van der Waals surface area contributed by atoms with Gasteiger partial charge in [0, 0.05) is 61.6 Å². The molecule has 1 aromatic carbocycles. The van der Waals surface area contributed by atoms with Crippen LogP contribution in [-0.2, 0) is 13.2 Å². The van der Waals surface area contributed by atoms with Crippen molar-refractivity contribution in [2.24, 2.45) is 7.05 Å². The van der Waals surface area contributed by atoms with E-state index in [1.807, 2.05) is 37.2 Å². The molecule has 0 aliphatic rings. The monoisotopic (exact) mass is 521 g/mol. The van der Waals surface area contributed by atoms with Crippen LogP contribution >= 0.6 is 0 Å². The van der Waals surface area contributed by atoms with Crippen molar-refractivity contribution in [2.45, 2.75) is 6.18 Å². The maximum atomic E-state index is 14.0. The van der Waals surface area contributed by atoms with Gasteiger partial charge < -0.3 is 19.8 Å². The van der Waals surface area contributed by atoms with Crippen molar-refractivity contribution in [3.05, 3.63) is 83.3 Å². The Morgan fingerprint density at radius 1 is 1.05 bits per heavy atom. The number of anilines is 1. The number of hydrogen-bond donors (Lipinski definition) is 2. The summed E-state index contributed by atoms with van der Waals surface area (Å²) in [4.78, 5) is 26.9. The summed E-state index contributed by atoms with van der Waals surface area (Å²) < 4.78 is 44.6. The topological polar surface area (TPSA) is 83.8 Å².